The van der Waals surface area contributed by atoms with Crippen molar-refractivity contribution in [3.8, 4) is 11.5 Å². The summed E-state index contributed by atoms with van der Waals surface area (Å²) in [4.78, 5) is 12.7. The smallest absolute Gasteiger partial charge is 0.316 e. The zero-order chi connectivity index (χ0) is 26.4. The third kappa shape index (κ3) is 4.84. The van der Waals surface area contributed by atoms with Gasteiger partial charge in [0.25, 0.3) is 0 Å². The monoisotopic (exact) mass is 502 g/mol. The molecule has 0 spiro atoms. The van der Waals surface area contributed by atoms with Gasteiger partial charge in [0.15, 0.2) is 0 Å². The van der Waals surface area contributed by atoms with Gasteiger partial charge in [0.05, 0.1) is 5.41 Å². The van der Waals surface area contributed by atoms with Gasteiger partial charge in [-0.05, 0) is 132 Å². The number of hydrogen-bond acceptors (Lipinski definition) is 3. The highest BCUT2D eigenvalue weighted by Crippen LogP contribution is 2.65. The molecule has 0 atom stereocenters. The van der Waals surface area contributed by atoms with E-state index < -0.39 is 5.41 Å². The maximum Gasteiger partial charge on any atom is 0.316 e. The lowest BCUT2D eigenvalue weighted by molar-refractivity contribution is -0.144. The van der Waals surface area contributed by atoms with Crippen molar-refractivity contribution >= 4 is 5.97 Å². The van der Waals surface area contributed by atoms with Crippen LogP contribution in [0.2, 0.25) is 0 Å². The van der Waals surface area contributed by atoms with Crippen molar-refractivity contribution in [3.05, 3.63) is 59.7 Å². The average Bonchev–Trinajstić information content (AvgIpc) is 2.85. The molecule has 0 aromatic heterocycles. The number of esters is 1. The van der Waals surface area contributed by atoms with E-state index in [0.717, 1.165) is 36.8 Å². The highest BCUT2D eigenvalue weighted by atomic mass is 16.5. The number of ether oxygens (including phenoxy) is 2. The van der Waals surface area contributed by atoms with Crippen LogP contribution < -0.4 is 9.47 Å². The fraction of sp³-hybridized carbons (Fsp3) is 0.618. The molecule has 2 aromatic carbocycles. The maximum atomic E-state index is 12.7. The van der Waals surface area contributed by atoms with Crippen molar-refractivity contribution in [2.24, 2.45) is 29.1 Å². The molecule has 3 nitrogen and oxygen atoms in total. The van der Waals surface area contributed by atoms with E-state index in [1.165, 1.54) is 43.2 Å². The van der Waals surface area contributed by atoms with Crippen LogP contribution in [-0.2, 0) is 10.2 Å². The summed E-state index contributed by atoms with van der Waals surface area (Å²) >= 11 is 0. The van der Waals surface area contributed by atoms with Crippen molar-refractivity contribution in [1.82, 2.24) is 0 Å². The van der Waals surface area contributed by atoms with E-state index in [2.05, 4.69) is 57.2 Å². The third-order valence-electron chi connectivity index (χ3n) is 9.98. The molecule has 0 amide bonds. The Kier molecular flexibility index (Phi) is 6.96. The molecule has 0 saturated heterocycles. The van der Waals surface area contributed by atoms with E-state index in [0.29, 0.717) is 17.6 Å². The Morgan fingerprint density at radius 2 is 1.27 bits per heavy atom. The van der Waals surface area contributed by atoms with Crippen molar-refractivity contribution in [2.75, 3.05) is 0 Å². The quantitative estimate of drug-likeness (QED) is 0.254. The van der Waals surface area contributed by atoms with E-state index in [1.807, 2.05) is 32.9 Å². The maximum absolute atomic E-state index is 12.7. The largest absolute Gasteiger partial charge is 0.488 e. The molecule has 0 unspecified atom stereocenters. The van der Waals surface area contributed by atoms with Crippen LogP contribution in [0.15, 0.2) is 48.5 Å². The Hall–Kier alpha value is -2.29. The molecule has 6 rings (SSSR count). The first-order chi connectivity index (χ1) is 17.6. The topological polar surface area (TPSA) is 35.5 Å². The number of benzene rings is 2. The first-order valence-electron chi connectivity index (χ1n) is 14.7. The molecule has 37 heavy (non-hydrogen) atoms. The summed E-state index contributed by atoms with van der Waals surface area (Å²) in [5, 5.41) is 0. The molecule has 0 heterocycles. The van der Waals surface area contributed by atoms with Gasteiger partial charge in [0, 0.05) is 5.41 Å². The lowest BCUT2D eigenvalue weighted by Gasteiger charge is -2.62. The van der Waals surface area contributed by atoms with Crippen molar-refractivity contribution in [3.63, 3.8) is 0 Å². The molecule has 4 saturated carbocycles. The van der Waals surface area contributed by atoms with Crippen LogP contribution in [-0.4, -0.2) is 11.6 Å². The van der Waals surface area contributed by atoms with Gasteiger partial charge < -0.3 is 9.47 Å². The van der Waals surface area contributed by atoms with Gasteiger partial charge in [-0.2, -0.15) is 0 Å². The summed E-state index contributed by atoms with van der Waals surface area (Å²) in [6.45, 7) is 12.5. The number of carbonyl (C=O) groups excluding carboxylic acids is 1. The summed E-state index contributed by atoms with van der Waals surface area (Å²) < 4.78 is 12.2. The predicted molar refractivity (Wildman–Crippen MR) is 150 cm³/mol. The Morgan fingerprint density at radius 3 is 1.73 bits per heavy atom. The lowest BCUT2D eigenvalue weighted by atomic mass is 9.42. The van der Waals surface area contributed by atoms with Crippen LogP contribution >= 0.6 is 0 Å². The molecule has 200 valence electrons. The summed E-state index contributed by atoms with van der Waals surface area (Å²) in [5.41, 5.74) is 2.21. The Balaban J connectivity index is 1.48. The van der Waals surface area contributed by atoms with Gasteiger partial charge >= 0.3 is 5.97 Å². The lowest BCUT2D eigenvalue weighted by Crippen LogP contribution is -2.56. The Bertz CT molecular complexity index is 1060. The average molecular weight is 503 g/mol. The predicted octanol–water partition coefficient (Wildman–Crippen LogP) is 8.73. The normalized spacial score (nSPS) is 28.8. The summed E-state index contributed by atoms with van der Waals surface area (Å²) in [5.74, 6) is 4.57. The second-order valence-corrected chi connectivity index (χ2v) is 13.5. The Morgan fingerprint density at radius 1 is 0.784 bits per heavy atom. The molecule has 4 aliphatic carbocycles. The van der Waals surface area contributed by atoms with E-state index in [4.69, 9.17) is 9.47 Å². The molecule has 4 fully saturated rings. The van der Waals surface area contributed by atoms with Gasteiger partial charge in [0.2, 0.25) is 0 Å². The summed E-state index contributed by atoms with van der Waals surface area (Å²) in [7, 11) is 0. The van der Waals surface area contributed by atoms with Crippen LogP contribution in [0, 0.1) is 29.1 Å². The minimum Gasteiger partial charge on any atom is -0.488 e. The standard InChI is InChI=1S/C34H46O3/c1-7-17-33(5,6)37-30-15-11-26(12-16-30)34(27-19-23-18-24(21-27)22-28(34)20-23)25-9-13-29(14-10-25)36-31(35)32(3,4)8-2/h9-16,23-24,27-28H,7-8,17-22H2,1-6H3. The first kappa shape index (κ1) is 26.3. The molecule has 4 aliphatic rings. The molecule has 0 aliphatic heterocycles. The van der Waals surface area contributed by atoms with Gasteiger partial charge in [0.1, 0.15) is 17.1 Å². The van der Waals surface area contributed by atoms with Gasteiger partial charge in [-0.3, -0.25) is 4.79 Å². The second-order valence-electron chi connectivity index (χ2n) is 13.5. The Labute approximate surface area is 224 Å². The molecular weight excluding hydrogens is 456 g/mol. The summed E-state index contributed by atoms with van der Waals surface area (Å²) in [6.07, 6.45) is 9.66. The van der Waals surface area contributed by atoms with Gasteiger partial charge in [-0.1, -0.05) is 44.5 Å². The minimum atomic E-state index is -0.475. The number of rotatable bonds is 9. The fourth-order valence-electron chi connectivity index (χ4n) is 8.00. The summed E-state index contributed by atoms with van der Waals surface area (Å²) in [6, 6.07) is 17.6. The van der Waals surface area contributed by atoms with E-state index in [1.54, 1.807) is 0 Å². The van der Waals surface area contributed by atoms with Crippen molar-refractivity contribution in [2.45, 2.75) is 104 Å². The number of carbonyl (C=O) groups is 1. The molecule has 0 N–H and O–H groups in total. The van der Waals surface area contributed by atoms with E-state index >= 15 is 0 Å². The van der Waals surface area contributed by atoms with Crippen molar-refractivity contribution < 1.29 is 14.3 Å². The van der Waals surface area contributed by atoms with Crippen LogP contribution in [0.1, 0.15) is 104 Å². The number of hydrogen-bond donors (Lipinski definition) is 0. The van der Waals surface area contributed by atoms with Crippen LogP contribution in [0.25, 0.3) is 0 Å². The molecule has 2 aromatic rings. The molecule has 4 bridgehead atoms. The zero-order valence-corrected chi connectivity index (χ0v) is 23.8. The van der Waals surface area contributed by atoms with Crippen molar-refractivity contribution in [1.29, 1.82) is 0 Å². The molecular formula is C34H46O3. The first-order valence-corrected chi connectivity index (χ1v) is 14.7. The van der Waals surface area contributed by atoms with Crippen LogP contribution in [0.3, 0.4) is 0 Å². The van der Waals surface area contributed by atoms with Crippen LogP contribution in [0.5, 0.6) is 11.5 Å². The highest BCUT2D eigenvalue weighted by Gasteiger charge is 2.58. The zero-order valence-electron chi connectivity index (χ0n) is 23.8. The van der Waals surface area contributed by atoms with Crippen LogP contribution in [0.4, 0.5) is 0 Å². The van der Waals surface area contributed by atoms with Gasteiger partial charge in [-0.15, -0.1) is 0 Å². The van der Waals surface area contributed by atoms with E-state index in [9.17, 15) is 4.79 Å². The minimum absolute atomic E-state index is 0.0239. The second kappa shape index (κ2) is 9.79. The molecule has 3 heteroatoms. The van der Waals surface area contributed by atoms with E-state index in [-0.39, 0.29) is 17.0 Å². The SMILES string of the molecule is CCCC(C)(C)Oc1ccc(C2(c3ccc(OC(=O)C(C)(C)CC)cc3)C3CC4CC(C3)CC2C4)cc1. The molecule has 0 radical (unpaired) electrons. The third-order valence-corrected chi connectivity index (χ3v) is 9.98. The highest BCUT2D eigenvalue weighted by molar-refractivity contribution is 5.78. The fourth-order valence-corrected chi connectivity index (χ4v) is 8.00. The van der Waals surface area contributed by atoms with Gasteiger partial charge in [-0.25, -0.2) is 0 Å².